The van der Waals surface area contributed by atoms with Crippen molar-refractivity contribution in [3.63, 3.8) is 0 Å². The first-order chi connectivity index (χ1) is 35.7. The second kappa shape index (κ2) is 24.7. The Kier molecular flexibility index (Phi) is 17.8. The quantitative estimate of drug-likeness (QED) is 0.0209. The number of nitrogens with zero attached hydrogens (tertiary/aromatic N) is 5. The molecule has 0 saturated heterocycles. The van der Waals surface area contributed by atoms with Crippen LogP contribution in [0.3, 0.4) is 0 Å². The van der Waals surface area contributed by atoms with Crippen molar-refractivity contribution in [3.8, 4) is 11.5 Å². The zero-order valence-corrected chi connectivity index (χ0v) is 43.4. The van der Waals surface area contributed by atoms with Gasteiger partial charge in [0.05, 0.1) is 37.0 Å². The maximum atomic E-state index is 15.2. The highest BCUT2D eigenvalue weighted by Gasteiger charge is 2.37. The second-order valence-corrected chi connectivity index (χ2v) is 21.7. The summed E-state index contributed by atoms with van der Waals surface area (Å²) >= 11 is 1.17. The smallest absolute Gasteiger partial charge is 0.459 e. The number of hydrogen-bond donors (Lipinski definition) is 3. The monoisotopic (exact) mass is 1060 g/mol. The van der Waals surface area contributed by atoms with E-state index in [1.165, 1.54) is 38.3 Å². The molecule has 0 fully saturated rings. The fourth-order valence-corrected chi connectivity index (χ4v) is 11.4. The van der Waals surface area contributed by atoms with E-state index in [0.717, 1.165) is 21.9 Å². The van der Waals surface area contributed by atoms with Crippen LogP contribution < -0.4 is 24.8 Å². The molecule has 0 saturated carbocycles. The van der Waals surface area contributed by atoms with Crippen molar-refractivity contribution in [1.29, 1.82) is 0 Å². The number of rotatable bonds is 25. The number of ether oxygens (including phenoxy) is 2. The van der Waals surface area contributed by atoms with Crippen LogP contribution in [0.5, 0.6) is 11.5 Å². The first kappa shape index (κ1) is 53.2. The third-order valence-corrected chi connectivity index (χ3v) is 15.4. The van der Waals surface area contributed by atoms with Crippen LogP contribution in [0.25, 0.3) is 32.7 Å². The highest BCUT2D eigenvalue weighted by Crippen LogP contribution is 2.50. The summed E-state index contributed by atoms with van der Waals surface area (Å²) in [6, 6.07) is 40.9. The number of esters is 2. The summed E-state index contributed by atoms with van der Waals surface area (Å²) in [7, 11) is -5.59. The number of aliphatic imine (C=N–C) groups is 1. The SMILES string of the molecule is C[C@H](NP(=O)(OCC(COP(=O)(N[C@@H](C)C(=O)OCc1ccccc1)Oc1cccc2ccccc12)SCn1cnc2c(=O)[nH]c(N=CN(C)C)nc21)Oc1cccc2ccccc12)C(=O)OCc1ccccc1. The molecule has 2 unspecified atom stereocenters. The lowest BCUT2D eigenvalue weighted by molar-refractivity contribution is -0.147. The summed E-state index contributed by atoms with van der Waals surface area (Å²) in [5.74, 6) is -0.992. The van der Waals surface area contributed by atoms with Gasteiger partial charge in [-0.15, -0.1) is 11.8 Å². The third-order valence-electron chi connectivity index (χ3n) is 11.0. The Bertz CT molecular complexity index is 3220. The fraction of sp³-hybridized carbons (Fsp3) is 0.231. The number of aromatic nitrogens is 4. The number of carbonyl (C=O) groups excluding carboxylic acids is 2. The zero-order valence-electron chi connectivity index (χ0n) is 40.8. The fourth-order valence-electron chi connectivity index (χ4n) is 7.24. The Labute approximate surface area is 430 Å². The van der Waals surface area contributed by atoms with Crippen LogP contribution in [-0.2, 0) is 56.3 Å². The van der Waals surface area contributed by atoms with Gasteiger partial charge in [0.25, 0.3) is 5.56 Å². The van der Waals surface area contributed by atoms with Crippen LogP contribution in [0, 0.1) is 0 Å². The first-order valence-electron chi connectivity index (χ1n) is 23.3. The number of aromatic amines is 1. The molecule has 384 valence electrons. The predicted molar refractivity (Wildman–Crippen MR) is 285 cm³/mol. The van der Waals surface area contributed by atoms with Crippen molar-refractivity contribution in [1.82, 2.24) is 34.6 Å². The zero-order chi connectivity index (χ0) is 52.1. The largest absolute Gasteiger partial charge is 0.460 e. The van der Waals surface area contributed by atoms with E-state index in [1.54, 1.807) is 72.1 Å². The average Bonchev–Trinajstić information content (AvgIpc) is 3.82. The van der Waals surface area contributed by atoms with Crippen molar-refractivity contribution in [2.75, 3.05) is 27.3 Å². The molecule has 8 rings (SSSR count). The molecular formula is C52H54N8O11P2S. The van der Waals surface area contributed by atoms with Crippen molar-refractivity contribution in [3.05, 3.63) is 173 Å². The van der Waals surface area contributed by atoms with Crippen molar-refractivity contribution < 1.29 is 46.3 Å². The van der Waals surface area contributed by atoms with Gasteiger partial charge in [-0.25, -0.2) is 19.1 Å². The molecular weight excluding hydrogens is 1010 g/mol. The number of fused-ring (bicyclic) bond motifs is 3. The molecule has 0 amide bonds. The lowest BCUT2D eigenvalue weighted by atomic mass is 10.1. The van der Waals surface area contributed by atoms with Gasteiger partial charge in [0.1, 0.15) is 36.8 Å². The van der Waals surface area contributed by atoms with E-state index in [1.807, 2.05) is 97.1 Å². The molecule has 4 atom stereocenters. The van der Waals surface area contributed by atoms with Gasteiger partial charge in [0.15, 0.2) is 11.2 Å². The number of imidazole rings is 1. The minimum atomic E-state index is -4.57. The van der Waals surface area contributed by atoms with Crippen LogP contribution in [0.4, 0.5) is 5.95 Å². The van der Waals surface area contributed by atoms with Crippen LogP contribution in [-0.4, -0.2) is 87.3 Å². The molecule has 2 heterocycles. The van der Waals surface area contributed by atoms with E-state index in [2.05, 4.69) is 30.1 Å². The molecule has 2 aromatic heterocycles. The van der Waals surface area contributed by atoms with Crippen LogP contribution >= 0.6 is 27.3 Å². The molecule has 0 aliphatic rings. The van der Waals surface area contributed by atoms with Crippen molar-refractivity contribution >= 4 is 84.2 Å². The van der Waals surface area contributed by atoms with Crippen LogP contribution in [0.1, 0.15) is 25.0 Å². The molecule has 0 aliphatic carbocycles. The number of nitrogens with one attached hydrogen (secondary N) is 3. The van der Waals surface area contributed by atoms with Gasteiger partial charge in [-0.3, -0.25) is 28.4 Å². The van der Waals surface area contributed by atoms with E-state index in [4.69, 9.17) is 27.6 Å². The van der Waals surface area contributed by atoms with Gasteiger partial charge < -0.3 is 28.0 Å². The molecule has 8 aromatic rings. The molecule has 0 radical (unpaired) electrons. The molecule has 6 aromatic carbocycles. The highest BCUT2D eigenvalue weighted by molar-refractivity contribution is 7.99. The summed E-state index contributed by atoms with van der Waals surface area (Å²) in [5.41, 5.74) is 1.23. The van der Waals surface area contributed by atoms with E-state index in [9.17, 15) is 14.4 Å². The van der Waals surface area contributed by atoms with E-state index >= 15 is 9.13 Å². The van der Waals surface area contributed by atoms with E-state index in [-0.39, 0.29) is 47.7 Å². The summed E-state index contributed by atoms with van der Waals surface area (Å²) in [6.07, 6.45) is 2.91. The Morgan fingerprint density at radius 3 is 1.68 bits per heavy atom. The molecule has 0 aliphatic heterocycles. The summed E-state index contributed by atoms with van der Waals surface area (Å²) in [5, 5.41) is 7.45. The summed E-state index contributed by atoms with van der Waals surface area (Å²) < 4.78 is 68.3. The number of thioether (sulfide) groups is 1. The maximum Gasteiger partial charge on any atom is 0.459 e. The molecule has 19 nitrogen and oxygen atoms in total. The molecule has 22 heteroatoms. The second-order valence-electron chi connectivity index (χ2n) is 17.0. The number of hydrogen-bond acceptors (Lipinski definition) is 15. The Hall–Kier alpha value is -7.15. The van der Waals surface area contributed by atoms with Crippen LogP contribution in [0.2, 0.25) is 0 Å². The van der Waals surface area contributed by atoms with Crippen LogP contribution in [0.15, 0.2) is 162 Å². The topological polar surface area (TPSA) is 227 Å². The highest BCUT2D eigenvalue weighted by atomic mass is 32.2. The maximum absolute atomic E-state index is 15.2. The van der Waals surface area contributed by atoms with Gasteiger partial charge in [-0.2, -0.15) is 15.2 Å². The third kappa shape index (κ3) is 14.3. The molecule has 0 spiro atoms. The van der Waals surface area contributed by atoms with Gasteiger partial charge in [0, 0.05) is 24.9 Å². The molecule has 74 heavy (non-hydrogen) atoms. The predicted octanol–water partition coefficient (Wildman–Crippen LogP) is 9.56. The molecule has 0 bridgehead atoms. The lowest BCUT2D eigenvalue weighted by Gasteiger charge is -2.27. The van der Waals surface area contributed by atoms with Gasteiger partial charge >= 0.3 is 27.4 Å². The summed E-state index contributed by atoms with van der Waals surface area (Å²) in [6.45, 7) is 1.99. The Morgan fingerprint density at radius 1 is 0.703 bits per heavy atom. The normalized spacial score (nSPS) is 14.5. The van der Waals surface area contributed by atoms with E-state index in [0.29, 0.717) is 10.8 Å². The van der Waals surface area contributed by atoms with Crippen molar-refractivity contribution in [2.45, 2.75) is 50.3 Å². The molecule has 3 N–H and O–H groups in total. The van der Waals surface area contributed by atoms with Gasteiger partial charge in [-0.1, -0.05) is 133 Å². The number of H-pyrrole nitrogens is 1. The van der Waals surface area contributed by atoms with Gasteiger partial charge in [-0.05, 0) is 47.9 Å². The minimum Gasteiger partial charge on any atom is -0.460 e. The number of benzene rings is 6. The minimum absolute atomic E-state index is 0.0363. The van der Waals surface area contributed by atoms with Crippen molar-refractivity contribution in [2.24, 2.45) is 4.99 Å². The van der Waals surface area contributed by atoms with Gasteiger partial charge in [0.2, 0.25) is 5.95 Å². The van der Waals surface area contributed by atoms with E-state index < -0.39 is 63.5 Å². The summed E-state index contributed by atoms with van der Waals surface area (Å²) in [4.78, 5) is 57.4. The standard InChI is InChI=1S/C52H54N8O11P2S/c1-36(50(62)66-29-38-17-7-5-8-18-38)57-72(64,70-45-27-15-23-40-21-11-13-25-43(40)45)68-31-42(74-35-60-34-53-47-48(60)55-52(56-49(47)61)54-33-59(3)4)32-69-73(65,71-46-28-16-24-41-22-12-14-26-44(41)46)58-37(2)51(63)67-30-39-19-9-6-10-20-39/h5-28,33-34,36-37,42H,29-32,35H2,1-4H3,(H,57,64)(H,58,65)(H,55,56,61)/t36-,37-,42?,72?,73?/m0/s1. The lowest BCUT2D eigenvalue weighted by Crippen LogP contribution is -2.36. The Morgan fingerprint density at radius 2 is 1.18 bits per heavy atom. The Balaban J connectivity index is 1.10. The average molecular weight is 1060 g/mol. The first-order valence-corrected chi connectivity index (χ1v) is 27.4. The number of carbonyl (C=O) groups is 2.